The summed E-state index contributed by atoms with van der Waals surface area (Å²) in [4.78, 5) is 0. The molecule has 1 saturated carbocycles. The Morgan fingerprint density at radius 3 is 2.52 bits per heavy atom. The van der Waals surface area contributed by atoms with Crippen LogP contribution in [0.25, 0.3) is 0 Å². The maximum atomic E-state index is 5.92. The normalized spacial score (nSPS) is 22.0. The number of anilines is 1. The molecule has 0 radical (unpaired) electrons. The van der Waals surface area contributed by atoms with Crippen molar-refractivity contribution in [2.75, 3.05) is 5.32 Å². The molecule has 0 spiro atoms. The number of hydrogen-bond donors (Lipinski definition) is 1. The first kappa shape index (κ1) is 14.2. The van der Waals surface area contributed by atoms with Gasteiger partial charge in [-0.25, -0.2) is 0 Å². The monoisotopic (exact) mass is 283 g/mol. The topological polar surface area (TPSA) is 25.2 Å². The largest absolute Gasteiger partial charge is 0.464 e. The van der Waals surface area contributed by atoms with Crippen LogP contribution in [-0.2, 0) is 6.54 Å². The van der Waals surface area contributed by atoms with Crippen molar-refractivity contribution in [2.24, 2.45) is 5.92 Å². The third kappa shape index (κ3) is 3.31. The van der Waals surface area contributed by atoms with E-state index in [0.29, 0.717) is 11.8 Å². The van der Waals surface area contributed by atoms with E-state index in [4.69, 9.17) is 4.42 Å². The van der Waals surface area contributed by atoms with Gasteiger partial charge < -0.3 is 9.73 Å². The molecule has 2 heteroatoms. The fourth-order valence-corrected chi connectivity index (χ4v) is 2.76. The zero-order valence-corrected chi connectivity index (χ0v) is 13.2. The molecular formula is C19H25NO. The van der Waals surface area contributed by atoms with Gasteiger partial charge in [-0.2, -0.15) is 0 Å². The summed E-state index contributed by atoms with van der Waals surface area (Å²) in [5, 5.41) is 3.44. The minimum absolute atomic E-state index is 0.632. The van der Waals surface area contributed by atoms with E-state index in [2.05, 4.69) is 62.5 Å². The average Bonchev–Trinajstić information content (AvgIpc) is 3.06. The van der Waals surface area contributed by atoms with Crippen molar-refractivity contribution in [3.05, 3.63) is 53.5 Å². The highest BCUT2D eigenvalue weighted by atomic mass is 16.3. The highest BCUT2D eigenvalue weighted by Gasteiger charge is 2.36. The van der Waals surface area contributed by atoms with E-state index < -0.39 is 0 Å². The fraction of sp³-hybridized carbons (Fsp3) is 0.474. The van der Waals surface area contributed by atoms with Crippen LogP contribution < -0.4 is 5.32 Å². The molecule has 3 atom stereocenters. The highest BCUT2D eigenvalue weighted by molar-refractivity contribution is 5.45. The number of benzene rings is 1. The number of rotatable bonds is 6. The molecule has 1 aromatic heterocycles. The molecule has 1 heterocycles. The van der Waals surface area contributed by atoms with E-state index in [9.17, 15) is 0 Å². The molecule has 3 unspecified atom stereocenters. The predicted molar refractivity (Wildman–Crippen MR) is 87.7 cm³/mol. The van der Waals surface area contributed by atoms with Crippen LogP contribution in [0.15, 0.2) is 40.8 Å². The lowest BCUT2D eigenvalue weighted by Gasteiger charge is -2.10. The molecule has 1 aromatic carbocycles. The van der Waals surface area contributed by atoms with Crippen LogP contribution in [0.2, 0.25) is 0 Å². The van der Waals surface area contributed by atoms with Crippen LogP contribution in [0.4, 0.5) is 5.69 Å². The average molecular weight is 283 g/mol. The van der Waals surface area contributed by atoms with E-state index in [-0.39, 0.29) is 0 Å². The number of nitrogens with one attached hydrogen (secondary N) is 1. The summed E-state index contributed by atoms with van der Waals surface area (Å²) < 4.78 is 5.92. The van der Waals surface area contributed by atoms with E-state index >= 15 is 0 Å². The predicted octanol–water partition coefficient (Wildman–Crippen LogP) is 5.53. The molecule has 2 aromatic rings. The van der Waals surface area contributed by atoms with Crippen LogP contribution in [0.5, 0.6) is 0 Å². The lowest BCUT2D eigenvalue weighted by molar-refractivity contribution is 0.468. The summed E-state index contributed by atoms with van der Waals surface area (Å²) in [6.07, 6.45) is 2.46. The van der Waals surface area contributed by atoms with Crippen molar-refractivity contribution < 1.29 is 4.42 Å². The maximum absolute atomic E-state index is 5.92. The molecule has 3 rings (SSSR count). The van der Waals surface area contributed by atoms with E-state index in [1.54, 1.807) is 0 Å². The number of hydrogen-bond acceptors (Lipinski definition) is 2. The van der Waals surface area contributed by atoms with Gasteiger partial charge in [-0.1, -0.05) is 32.9 Å². The molecule has 112 valence electrons. The van der Waals surface area contributed by atoms with Crippen molar-refractivity contribution in [3.8, 4) is 0 Å². The first-order valence-corrected chi connectivity index (χ1v) is 8.09. The van der Waals surface area contributed by atoms with Crippen molar-refractivity contribution in [1.82, 2.24) is 0 Å². The molecule has 1 N–H and O–H groups in total. The smallest absolute Gasteiger partial charge is 0.123 e. The Morgan fingerprint density at radius 2 is 1.90 bits per heavy atom. The van der Waals surface area contributed by atoms with Gasteiger partial charge in [0.05, 0.1) is 6.54 Å². The second-order valence-corrected chi connectivity index (χ2v) is 6.41. The molecule has 0 aliphatic heterocycles. The highest BCUT2D eigenvalue weighted by Crippen LogP contribution is 2.47. The van der Waals surface area contributed by atoms with E-state index in [0.717, 1.165) is 29.7 Å². The van der Waals surface area contributed by atoms with Gasteiger partial charge in [0.15, 0.2) is 0 Å². The first-order chi connectivity index (χ1) is 10.2. The van der Waals surface area contributed by atoms with Crippen molar-refractivity contribution >= 4 is 5.69 Å². The summed E-state index contributed by atoms with van der Waals surface area (Å²) >= 11 is 0. The third-order valence-electron chi connectivity index (χ3n) is 4.72. The Labute approximate surface area is 127 Å². The Balaban J connectivity index is 1.56. The molecule has 1 aliphatic rings. The van der Waals surface area contributed by atoms with Crippen LogP contribution in [0.1, 0.15) is 62.5 Å². The minimum atomic E-state index is 0.632. The quantitative estimate of drug-likeness (QED) is 0.754. The Morgan fingerprint density at radius 1 is 1.19 bits per heavy atom. The van der Waals surface area contributed by atoms with E-state index in [1.165, 1.54) is 18.4 Å². The summed E-state index contributed by atoms with van der Waals surface area (Å²) in [5.41, 5.74) is 2.56. The molecule has 2 nitrogen and oxygen atoms in total. The SMILES string of the molecule is CCC(C)c1ccc(NCc2ccc(C3CC3C)o2)cc1. The van der Waals surface area contributed by atoms with Gasteiger partial charge in [-0.3, -0.25) is 0 Å². The minimum Gasteiger partial charge on any atom is -0.464 e. The lowest BCUT2D eigenvalue weighted by Crippen LogP contribution is -1.98. The summed E-state index contributed by atoms with van der Waals surface area (Å²) in [5.74, 6) is 4.27. The molecule has 21 heavy (non-hydrogen) atoms. The second kappa shape index (κ2) is 5.97. The fourth-order valence-electron chi connectivity index (χ4n) is 2.76. The Bertz CT molecular complexity index is 584. The summed E-state index contributed by atoms with van der Waals surface area (Å²) in [7, 11) is 0. The molecule has 0 bridgehead atoms. The van der Waals surface area contributed by atoms with Gasteiger partial charge in [0, 0.05) is 11.6 Å². The van der Waals surface area contributed by atoms with Crippen molar-refractivity contribution in [2.45, 2.75) is 52.0 Å². The molecule has 0 saturated heterocycles. The molecule has 1 aliphatic carbocycles. The van der Waals surface area contributed by atoms with Crippen LogP contribution in [0.3, 0.4) is 0 Å². The van der Waals surface area contributed by atoms with Gasteiger partial charge in [0.1, 0.15) is 11.5 Å². The van der Waals surface area contributed by atoms with Crippen molar-refractivity contribution in [3.63, 3.8) is 0 Å². The van der Waals surface area contributed by atoms with Crippen LogP contribution in [-0.4, -0.2) is 0 Å². The molecule has 1 fully saturated rings. The second-order valence-electron chi connectivity index (χ2n) is 6.41. The molecule has 0 amide bonds. The van der Waals surface area contributed by atoms with E-state index in [1.807, 2.05) is 0 Å². The zero-order valence-electron chi connectivity index (χ0n) is 13.2. The summed E-state index contributed by atoms with van der Waals surface area (Å²) in [6.45, 7) is 7.53. The Kier molecular flexibility index (Phi) is 4.05. The first-order valence-electron chi connectivity index (χ1n) is 8.09. The number of furan rings is 1. The maximum Gasteiger partial charge on any atom is 0.123 e. The van der Waals surface area contributed by atoms with Crippen LogP contribution in [0, 0.1) is 5.92 Å². The zero-order chi connectivity index (χ0) is 14.8. The van der Waals surface area contributed by atoms with Crippen molar-refractivity contribution in [1.29, 1.82) is 0 Å². The Hall–Kier alpha value is -1.70. The standard InChI is InChI=1S/C19H25NO/c1-4-13(2)15-5-7-16(8-6-15)20-12-17-9-10-19(21-17)18-11-14(18)3/h5-10,13-14,18,20H,4,11-12H2,1-3H3. The summed E-state index contributed by atoms with van der Waals surface area (Å²) in [6, 6.07) is 13.0. The van der Waals surface area contributed by atoms with Gasteiger partial charge in [-0.15, -0.1) is 0 Å². The lowest BCUT2D eigenvalue weighted by atomic mass is 9.99. The van der Waals surface area contributed by atoms with Gasteiger partial charge >= 0.3 is 0 Å². The third-order valence-corrected chi connectivity index (χ3v) is 4.72. The van der Waals surface area contributed by atoms with Crippen LogP contribution >= 0.6 is 0 Å². The molecular weight excluding hydrogens is 258 g/mol. The van der Waals surface area contributed by atoms with Gasteiger partial charge in [-0.05, 0) is 54.5 Å². The van der Waals surface area contributed by atoms with Gasteiger partial charge in [0.2, 0.25) is 0 Å². The van der Waals surface area contributed by atoms with Gasteiger partial charge in [0.25, 0.3) is 0 Å².